The van der Waals surface area contributed by atoms with Gasteiger partial charge in [-0.3, -0.25) is 9.69 Å². The summed E-state index contributed by atoms with van der Waals surface area (Å²) >= 11 is 0. The molecule has 126 valence electrons. The van der Waals surface area contributed by atoms with Crippen LogP contribution in [0.4, 0.5) is 0 Å². The zero-order valence-corrected chi connectivity index (χ0v) is 12.9. The minimum atomic E-state index is -3.95. The standard InChI is InChI=1S/C19H27NO3/c1-12(2)7-14-11-20-6-5-13-8-18(22-3)19(23-4)9-15(13)16(20)10-17(14)21/h8-9,12,14,16H,5-7,10-11H2,1-4H3/i1D3,2D3,7D2,8D,9D,10D2,12D,14D. The van der Waals surface area contributed by atoms with Crippen molar-refractivity contribution < 1.29 is 33.5 Å². The predicted octanol–water partition coefficient (Wildman–Crippen LogP) is 3.24. The minimum Gasteiger partial charge on any atom is -0.493 e. The zero-order chi connectivity index (χ0) is 28.7. The Kier molecular flexibility index (Phi) is 1.81. The molecule has 0 radical (unpaired) electrons. The normalized spacial score (nSPS) is 40.8. The lowest BCUT2D eigenvalue weighted by Crippen LogP contribution is -2.46. The van der Waals surface area contributed by atoms with E-state index in [9.17, 15) is 4.79 Å². The molecule has 2 aliphatic heterocycles. The van der Waals surface area contributed by atoms with Gasteiger partial charge in [-0.25, -0.2) is 0 Å². The highest BCUT2D eigenvalue weighted by Gasteiger charge is 2.38. The van der Waals surface area contributed by atoms with Crippen molar-refractivity contribution in [2.45, 2.75) is 38.9 Å². The molecule has 0 bridgehead atoms. The van der Waals surface area contributed by atoms with Crippen LogP contribution in [0.1, 0.15) is 62.8 Å². The number of ether oxygens (including phenoxy) is 2. The Morgan fingerprint density at radius 2 is 2.26 bits per heavy atom. The van der Waals surface area contributed by atoms with E-state index in [1.54, 1.807) is 0 Å². The van der Waals surface area contributed by atoms with Crippen LogP contribution < -0.4 is 9.47 Å². The maximum absolute atomic E-state index is 13.6. The van der Waals surface area contributed by atoms with Gasteiger partial charge in [0, 0.05) is 47.8 Å². The van der Waals surface area contributed by atoms with E-state index < -0.39 is 56.6 Å². The third-order valence-electron chi connectivity index (χ3n) is 3.92. The molecular formula is C19H27NO3. The van der Waals surface area contributed by atoms with E-state index in [1.165, 1.54) is 14.2 Å². The summed E-state index contributed by atoms with van der Waals surface area (Å²) in [5.41, 5.74) is 0.0968. The van der Waals surface area contributed by atoms with Crippen molar-refractivity contribution in [1.82, 2.24) is 4.90 Å². The molecule has 0 aliphatic carbocycles. The molecule has 1 aromatic rings. The number of carbonyl (C=O) groups is 1. The Morgan fingerprint density at radius 3 is 2.96 bits per heavy atom. The summed E-state index contributed by atoms with van der Waals surface area (Å²) in [5.74, 6) is -9.29. The van der Waals surface area contributed by atoms with Crippen molar-refractivity contribution in [2.75, 3.05) is 27.3 Å². The number of Topliss-reactive ketones (excluding diaryl/α,β-unsaturated/α-hetero) is 1. The maximum atomic E-state index is 13.6. The lowest BCUT2D eigenvalue weighted by atomic mass is 9.80. The van der Waals surface area contributed by atoms with Gasteiger partial charge in [0.05, 0.1) is 17.0 Å². The van der Waals surface area contributed by atoms with Gasteiger partial charge < -0.3 is 9.47 Å². The fourth-order valence-corrected chi connectivity index (χ4v) is 2.87. The third kappa shape index (κ3) is 3.09. The number of nitrogens with zero attached hydrogens (tertiary/aromatic N) is 1. The second kappa shape index (κ2) is 6.52. The first-order valence-electron chi connectivity index (χ1n) is 14.1. The average molecular weight is 332 g/mol. The van der Waals surface area contributed by atoms with Crippen molar-refractivity contribution in [2.24, 2.45) is 11.8 Å². The molecule has 2 unspecified atom stereocenters. The highest BCUT2D eigenvalue weighted by Crippen LogP contribution is 2.42. The van der Waals surface area contributed by atoms with E-state index in [4.69, 9.17) is 28.7 Å². The molecule has 0 aromatic heterocycles. The number of benzene rings is 1. The zero-order valence-electron chi connectivity index (χ0n) is 26.9. The van der Waals surface area contributed by atoms with E-state index in [0.717, 1.165) is 4.90 Å². The van der Waals surface area contributed by atoms with Gasteiger partial charge in [0.25, 0.3) is 0 Å². The van der Waals surface area contributed by atoms with E-state index in [2.05, 4.69) is 0 Å². The number of hydrogen-bond donors (Lipinski definition) is 0. The topological polar surface area (TPSA) is 38.8 Å². The van der Waals surface area contributed by atoms with Crippen molar-refractivity contribution in [3.63, 3.8) is 0 Å². The minimum absolute atomic E-state index is 0.00477. The van der Waals surface area contributed by atoms with Gasteiger partial charge in [-0.15, -0.1) is 0 Å². The second-order valence-corrected chi connectivity index (χ2v) is 5.28. The number of ketones is 1. The van der Waals surface area contributed by atoms with Crippen LogP contribution >= 0.6 is 0 Å². The third-order valence-corrected chi connectivity index (χ3v) is 3.92. The Labute approximate surface area is 158 Å². The summed E-state index contributed by atoms with van der Waals surface area (Å²) in [6.07, 6.45) is -7.02. The first-order valence-corrected chi connectivity index (χ1v) is 7.10. The fourth-order valence-electron chi connectivity index (χ4n) is 2.87. The molecule has 23 heavy (non-hydrogen) atoms. The number of carbonyl (C=O) groups excluding carboxylic acids is 1. The van der Waals surface area contributed by atoms with Gasteiger partial charge in [-0.2, -0.15) is 0 Å². The van der Waals surface area contributed by atoms with Crippen molar-refractivity contribution in [3.8, 4) is 11.5 Å². The van der Waals surface area contributed by atoms with Gasteiger partial charge in [0.1, 0.15) is 5.78 Å². The van der Waals surface area contributed by atoms with Gasteiger partial charge in [-0.1, -0.05) is 13.7 Å². The van der Waals surface area contributed by atoms with E-state index in [0.29, 0.717) is 0 Å². The van der Waals surface area contributed by atoms with Crippen LogP contribution in [0.3, 0.4) is 0 Å². The van der Waals surface area contributed by atoms with Crippen LogP contribution in [0, 0.1) is 11.8 Å². The molecule has 4 heteroatoms. The van der Waals surface area contributed by atoms with Crippen LogP contribution in [0.5, 0.6) is 11.5 Å². The smallest absolute Gasteiger partial charge is 0.161 e. The monoisotopic (exact) mass is 331 g/mol. The summed E-state index contributed by atoms with van der Waals surface area (Å²) in [6, 6.07) is -2.16. The van der Waals surface area contributed by atoms with Crippen LogP contribution in [0.2, 0.25) is 0 Å². The number of rotatable bonds is 4. The molecular weight excluding hydrogens is 290 g/mol. The SMILES string of the molecule is [2H]c1c2c(c([2H])c(OC)c1OC)C1N(CC2)CC([2H])(C([2H])([2H])C([2H])(C([2H])([2H])[2H])C([2H])([2H])[2H])C(=O)C1([2H])[2H]. The first kappa shape index (κ1) is 6.40. The maximum Gasteiger partial charge on any atom is 0.161 e. The molecule has 2 heterocycles. The highest BCUT2D eigenvalue weighted by molar-refractivity contribution is 5.83. The van der Waals surface area contributed by atoms with Crippen molar-refractivity contribution in [1.29, 1.82) is 0 Å². The van der Waals surface area contributed by atoms with E-state index in [-0.39, 0.29) is 47.7 Å². The molecule has 2 atom stereocenters. The molecule has 1 fully saturated rings. The first-order chi connectivity index (χ1) is 16.6. The molecule has 2 aliphatic rings. The van der Waals surface area contributed by atoms with Crippen molar-refractivity contribution in [3.05, 3.63) is 23.2 Å². The molecule has 1 aromatic carbocycles. The summed E-state index contributed by atoms with van der Waals surface area (Å²) in [7, 11) is 2.48. The molecule has 4 nitrogen and oxygen atoms in total. The highest BCUT2D eigenvalue weighted by atomic mass is 16.5. The number of fused-ring (bicyclic) bond motifs is 3. The number of piperidine rings is 1. The lowest BCUT2D eigenvalue weighted by Gasteiger charge is -2.43. The molecule has 0 spiro atoms. The quantitative estimate of drug-likeness (QED) is 0.849. The van der Waals surface area contributed by atoms with Crippen LogP contribution in [0.25, 0.3) is 0 Å². The van der Waals surface area contributed by atoms with E-state index in [1.807, 2.05) is 0 Å². The van der Waals surface area contributed by atoms with Crippen LogP contribution in [0.15, 0.2) is 12.1 Å². The Morgan fingerprint density at radius 1 is 1.52 bits per heavy atom. The van der Waals surface area contributed by atoms with Crippen LogP contribution in [-0.2, 0) is 11.2 Å². The van der Waals surface area contributed by atoms with Gasteiger partial charge >= 0.3 is 0 Å². The molecule has 0 amide bonds. The van der Waals surface area contributed by atoms with Gasteiger partial charge in [0.15, 0.2) is 11.5 Å². The summed E-state index contributed by atoms with van der Waals surface area (Å²) < 4.78 is 125. The molecule has 1 saturated heterocycles. The van der Waals surface area contributed by atoms with Crippen LogP contribution in [-0.4, -0.2) is 38.0 Å². The number of methoxy groups -OCH3 is 2. The fraction of sp³-hybridized carbons (Fsp3) is 0.632. The van der Waals surface area contributed by atoms with Gasteiger partial charge in [0.2, 0.25) is 0 Å². The average Bonchev–Trinajstić information content (AvgIpc) is 2.76. The van der Waals surface area contributed by atoms with Gasteiger partial charge in [-0.05, 0) is 41.9 Å². The largest absolute Gasteiger partial charge is 0.493 e. The predicted molar refractivity (Wildman–Crippen MR) is 90.1 cm³/mol. The summed E-state index contributed by atoms with van der Waals surface area (Å²) in [5, 5.41) is 0. The lowest BCUT2D eigenvalue weighted by molar-refractivity contribution is -0.129. The summed E-state index contributed by atoms with van der Waals surface area (Å²) in [6.45, 7) is -8.70. The second-order valence-electron chi connectivity index (χ2n) is 5.28. The molecule has 0 N–H and O–H groups in total. The van der Waals surface area contributed by atoms with E-state index >= 15 is 0 Å². The Hall–Kier alpha value is -1.55. The Balaban J connectivity index is 2.27. The Bertz CT molecular complexity index is 1100. The van der Waals surface area contributed by atoms with Crippen molar-refractivity contribution >= 4 is 5.78 Å². The number of hydrogen-bond acceptors (Lipinski definition) is 4. The molecule has 0 saturated carbocycles. The summed E-state index contributed by atoms with van der Waals surface area (Å²) in [4.78, 5) is 14.8. The molecule has 3 rings (SSSR count).